The van der Waals surface area contributed by atoms with Gasteiger partial charge in [0.1, 0.15) is 0 Å². The Morgan fingerprint density at radius 3 is 1.70 bits per heavy atom. The Bertz CT molecular complexity index is 138. The first-order valence-corrected chi connectivity index (χ1v) is 3.62. The summed E-state index contributed by atoms with van der Waals surface area (Å²) in [5, 5.41) is 0. The molecule has 2 nitrogen and oxygen atoms in total. The molecular weight excluding hydrogens is 124 g/mol. The molecule has 0 aromatic carbocycles. The van der Waals surface area contributed by atoms with Gasteiger partial charge >= 0.3 is 0 Å². The summed E-state index contributed by atoms with van der Waals surface area (Å²) >= 11 is 0. The lowest BCUT2D eigenvalue weighted by atomic mass is 10.4. The molecule has 0 radical (unpaired) electrons. The first-order chi connectivity index (χ1) is 4.79. The number of hydrogen-bond donors (Lipinski definition) is 0. The fraction of sp³-hybridized carbons (Fsp3) is 0.750. The summed E-state index contributed by atoms with van der Waals surface area (Å²) in [6.45, 7) is 4.11. The van der Waals surface area contributed by atoms with E-state index in [-0.39, 0.29) is 0 Å². The van der Waals surface area contributed by atoms with Crippen LogP contribution >= 0.6 is 0 Å². The highest BCUT2D eigenvalue weighted by atomic mass is 15.2. The quantitative estimate of drug-likeness (QED) is 0.430. The van der Waals surface area contributed by atoms with Gasteiger partial charge in [0.2, 0.25) is 0 Å². The molecule has 0 spiro atoms. The molecule has 0 unspecified atom stereocenters. The molecule has 0 amide bonds. The molecule has 1 aliphatic heterocycles. The highest BCUT2D eigenvalue weighted by molar-refractivity contribution is 5.03. The minimum Gasteiger partial charge on any atom is -0.294 e. The maximum atomic E-state index is 3.10. The standard InChI is InChI=1S/C8H14N2/c1-9-5-3-4-6-10(2)8-7-9/h5-8H2,1-2H3. The van der Waals surface area contributed by atoms with E-state index in [0.29, 0.717) is 0 Å². The number of rotatable bonds is 0. The van der Waals surface area contributed by atoms with Crippen LogP contribution < -0.4 is 0 Å². The lowest BCUT2D eigenvalue weighted by Crippen LogP contribution is -2.32. The van der Waals surface area contributed by atoms with Crippen molar-refractivity contribution in [3.63, 3.8) is 0 Å². The molecule has 2 heteroatoms. The molecule has 0 saturated carbocycles. The van der Waals surface area contributed by atoms with Crippen LogP contribution in [-0.2, 0) is 0 Å². The molecule has 0 aromatic rings. The predicted octanol–water partition coefficient (Wildman–Crippen LogP) is -0.133. The SMILES string of the molecule is CN1CC#CCN(C)CC1. The smallest absolute Gasteiger partial charge is 0.0600 e. The topological polar surface area (TPSA) is 6.48 Å². The highest BCUT2D eigenvalue weighted by Crippen LogP contribution is 1.87. The van der Waals surface area contributed by atoms with Crippen molar-refractivity contribution >= 4 is 0 Å². The third-order valence-electron chi connectivity index (χ3n) is 1.69. The lowest BCUT2D eigenvalue weighted by Gasteiger charge is -2.20. The van der Waals surface area contributed by atoms with Crippen molar-refractivity contribution in [3.05, 3.63) is 0 Å². The van der Waals surface area contributed by atoms with E-state index in [4.69, 9.17) is 0 Å². The summed E-state index contributed by atoms with van der Waals surface area (Å²) in [5.74, 6) is 6.20. The Morgan fingerprint density at radius 1 is 0.900 bits per heavy atom. The second-order valence-electron chi connectivity index (χ2n) is 2.83. The van der Waals surface area contributed by atoms with Crippen LogP contribution in [0.4, 0.5) is 0 Å². The van der Waals surface area contributed by atoms with Gasteiger partial charge in [-0.3, -0.25) is 9.80 Å². The van der Waals surface area contributed by atoms with Gasteiger partial charge in [0.05, 0.1) is 13.1 Å². The van der Waals surface area contributed by atoms with Crippen molar-refractivity contribution in [2.24, 2.45) is 0 Å². The van der Waals surface area contributed by atoms with Gasteiger partial charge in [-0.2, -0.15) is 0 Å². The van der Waals surface area contributed by atoms with Crippen molar-refractivity contribution in [1.29, 1.82) is 0 Å². The van der Waals surface area contributed by atoms with Crippen molar-refractivity contribution in [2.45, 2.75) is 0 Å². The van der Waals surface area contributed by atoms with Crippen LogP contribution in [0.3, 0.4) is 0 Å². The predicted molar refractivity (Wildman–Crippen MR) is 42.8 cm³/mol. The molecule has 0 bridgehead atoms. The fourth-order valence-corrected chi connectivity index (χ4v) is 0.881. The van der Waals surface area contributed by atoms with E-state index in [1.165, 1.54) is 0 Å². The second kappa shape index (κ2) is 3.60. The largest absolute Gasteiger partial charge is 0.294 e. The molecule has 0 saturated heterocycles. The molecule has 0 N–H and O–H groups in total. The highest BCUT2D eigenvalue weighted by Gasteiger charge is 2.01. The Labute approximate surface area is 62.8 Å². The summed E-state index contributed by atoms with van der Waals surface area (Å²) < 4.78 is 0. The van der Waals surface area contributed by atoms with Gasteiger partial charge in [-0.25, -0.2) is 0 Å². The maximum absolute atomic E-state index is 3.10. The molecule has 0 aliphatic carbocycles. The van der Waals surface area contributed by atoms with Crippen LogP contribution in [0, 0.1) is 11.8 Å². The van der Waals surface area contributed by atoms with Crippen molar-refractivity contribution in [3.8, 4) is 11.8 Å². The summed E-state index contributed by atoms with van der Waals surface area (Å²) in [5.41, 5.74) is 0. The number of hydrogen-bond acceptors (Lipinski definition) is 2. The Hall–Kier alpha value is -0.520. The Kier molecular flexibility index (Phi) is 2.73. The molecule has 0 aromatic heterocycles. The zero-order chi connectivity index (χ0) is 7.40. The van der Waals surface area contributed by atoms with E-state index in [0.717, 1.165) is 26.2 Å². The summed E-state index contributed by atoms with van der Waals surface area (Å²) in [6, 6.07) is 0. The van der Waals surface area contributed by atoms with Gasteiger partial charge in [-0.05, 0) is 14.1 Å². The normalized spacial score (nSPS) is 22.6. The number of likely N-dealkylation sites (N-methyl/N-ethyl adjacent to an activating group) is 2. The van der Waals surface area contributed by atoms with Crippen LogP contribution in [0.1, 0.15) is 0 Å². The first-order valence-electron chi connectivity index (χ1n) is 3.62. The van der Waals surface area contributed by atoms with Gasteiger partial charge in [0.15, 0.2) is 0 Å². The average Bonchev–Trinajstić information content (AvgIpc) is 1.90. The molecular formula is C8H14N2. The van der Waals surface area contributed by atoms with Crippen LogP contribution in [0.2, 0.25) is 0 Å². The van der Waals surface area contributed by atoms with Crippen molar-refractivity contribution < 1.29 is 0 Å². The average molecular weight is 138 g/mol. The molecule has 1 rings (SSSR count). The summed E-state index contributed by atoms with van der Waals surface area (Å²) in [6.07, 6.45) is 0. The third-order valence-corrected chi connectivity index (χ3v) is 1.69. The van der Waals surface area contributed by atoms with Gasteiger partial charge < -0.3 is 0 Å². The van der Waals surface area contributed by atoms with Crippen LogP contribution in [0.15, 0.2) is 0 Å². The fourth-order valence-electron chi connectivity index (χ4n) is 0.881. The maximum Gasteiger partial charge on any atom is 0.0600 e. The molecule has 0 atom stereocenters. The Balaban J connectivity index is 2.43. The van der Waals surface area contributed by atoms with Crippen LogP contribution in [0.25, 0.3) is 0 Å². The van der Waals surface area contributed by atoms with E-state index in [1.54, 1.807) is 0 Å². The number of nitrogens with zero attached hydrogens (tertiary/aromatic N) is 2. The first kappa shape index (κ1) is 7.59. The molecule has 56 valence electrons. The van der Waals surface area contributed by atoms with Gasteiger partial charge in [0, 0.05) is 13.1 Å². The van der Waals surface area contributed by atoms with Gasteiger partial charge in [-0.15, -0.1) is 0 Å². The van der Waals surface area contributed by atoms with E-state index in [1.807, 2.05) is 0 Å². The zero-order valence-electron chi connectivity index (χ0n) is 6.72. The van der Waals surface area contributed by atoms with E-state index in [9.17, 15) is 0 Å². The van der Waals surface area contributed by atoms with E-state index in [2.05, 4.69) is 35.7 Å². The van der Waals surface area contributed by atoms with Crippen molar-refractivity contribution in [1.82, 2.24) is 9.80 Å². The van der Waals surface area contributed by atoms with E-state index < -0.39 is 0 Å². The monoisotopic (exact) mass is 138 g/mol. The van der Waals surface area contributed by atoms with Gasteiger partial charge in [0.25, 0.3) is 0 Å². The third kappa shape index (κ3) is 2.38. The van der Waals surface area contributed by atoms with Crippen LogP contribution in [-0.4, -0.2) is 50.1 Å². The Morgan fingerprint density at radius 2 is 1.30 bits per heavy atom. The minimum atomic E-state index is 0.924. The zero-order valence-corrected chi connectivity index (χ0v) is 6.72. The summed E-state index contributed by atoms with van der Waals surface area (Å²) in [4.78, 5) is 4.48. The summed E-state index contributed by atoms with van der Waals surface area (Å²) in [7, 11) is 4.21. The minimum absolute atomic E-state index is 0.924. The molecule has 1 heterocycles. The van der Waals surface area contributed by atoms with Gasteiger partial charge in [-0.1, -0.05) is 11.8 Å². The second-order valence-corrected chi connectivity index (χ2v) is 2.83. The molecule has 1 aliphatic rings. The van der Waals surface area contributed by atoms with Crippen molar-refractivity contribution in [2.75, 3.05) is 40.3 Å². The van der Waals surface area contributed by atoms with Crippen LogP contribution in [0.5, 0.6) is 0 Å². The lowest BCUT2D eigenvalue weighted by molar-refractivity contribution is 0.286. The molecule has 0 fully saturated rings. The molecule has 10 heavy (non-hydrogen) atoms. The van der Waals surface area contributed by atoms with E-state index >= 15 is 0 Å².